The van der Waals surface area contributed by atoms with Crippen molar-refractivity contribution >= 4 is 11.8 Å². The predicted octanol–water partition coefficient (Wildman–Crippen LogP) is 2.25. The monoisotopic (exact) mass is 332 g/mol. The van der Waals surface area contributed by atoms with Gasteiger partial charge in [0.2, 0.25) is 5.91 Å². The van der Waals surface area contributed by atoms with Crippen LogP contribution in [-0.2, 0) is 4.79 Å². The van der Waals surface area contributed by atoms with Crippen molar-refractivity contribution in [2.45, 2.75) is 57.5 Å². The summed E-state index contributed by atoms with van der Waals surface area (Å²) in [6, 6.07) is 8.24. The zero-order chi connectivity index (χ0) is 17.4. The second kappa shape index (κ2) is 9.42. The van der Waals surface area contributed by atoms with Gasteiger partial charge in [-0.3, -0.25) is 9.59 Å². The Kier molecular flexibility index (Phi) is 7.25. The highest BCUT2D eigenvalue weighted by atomic mass is 16.3. The second-order valence-corrected chi connectivity index (χ2v) is 6.59. The Morgan fingerprint density at radius 2 is 1.79 bits per heavy atom. The zero-order valence-electron chi connectivity index (χ0n) is 14.3. The minimum absolute atomic E-state index is 0.0149. The van der Waals surface area contributed by atoms with Gasteiger partial charge in [-0.25, -0.2) is 0 Å². The first-order valence-electron chi connectivity index (χ1n) is 8.89. The van der Waals surface area contributed by atoms with Crippen LogP contribution in [0.1, 0.15) is 55.8 Å². The fourth-order valence-corrected chi connectivity index (χ4v) is 3.34. The van der Waals surface area contributed by atoms with E-state index < -0.39 is 6.04 Å². The topological polar surface area (TPSA) is 78.4 Å². The van der Waals surface area contributed by atoms with E-state index in [-0.39, 0.29) is 24.5 Å². The number of hydrogen-bond donors (Lipinski definition) is 3. The van der Waals surface area contributed by atoms with Gasteiger partial charge in [0, 0.05) is 18.2 Å². The number of aliphatic hydroxyl groups is 1. The molecule has 0 spiro atoms. The highest BCUT2D eigenvalue weighted by Gasteiger charge is 2.26. The first-order valence-corrected chi connectivity index (χ1v) is 8.89. The normalized spacial score (nSPS) is 17.8. The molecule has 0 aliphatic heterocycles. The van der Waals surface area contributed by atoms with Crippen molar-refractivity contribution in [2.75, 3.05) is 6.61 Å². The maximum atomic E-state index is 12.4. The summed E-state index contributed by atoms with van der Waals surface area (Å²) in [4.78, 5) is 24.6. The van der Waals surface area contributed by atoms with Crippen molar-refractivity contribution in [3.05, 3.63) is 35.9 Å². The molecule has 0 saturated heterocycles. The first-order chi connectivity index (χ1) is 11.6. The fourth-order valence-electron chi connectivity index (χ4n) is 3.34. The summed E-state index contributed by atoms with van der Waals surface area (Å²) < 4.78 is 0. The molecular weight excluding hydrogens is 304 g/mol. The molecule has 132 valence electrons. The first kappa shape index (κ1) is 18.5. The molecule has 1 aromatic carbocycles. The van der Waals surface area contributed by atoms with Crippen molar-refractivity contribution in [3.63, 3.8) is 0 Å². The van der Waals surface area contributed by atoms with Crippen LogP contribution in [0.2, 0.25) is 0 Å². The predicted molar refractivity (Wildman–Crippen MR) is 93.6 cm³/mol. The highest BCUT2D eigenvalue weighted by molar-refractivity contribution is 5.97. The fraction of sp³-hybridized carbons (Fsp3) is 0.579. The largest absolute Gasteiger partial charge is 0.396 e. The number of benzene rings is 1. The van der Waals surface area contributed by atoms with Crippen LogP contribution in [0.15, 0.2) is 30.3 Å². The average molecular weight is 332 g/mol. The molecule has 24 heavy (non-hydrogen) atoms. The maximum absolute atomic E-state index is 12.4. The van der Waals surface area contributed by atoms with E-state index >= 15 is 0 Å². The van der Waals surface area contributed by atoms with Crippen LogP contribution < -0.4 is 10.6 Å². The molecule has 2 amide bonds. The van der Waals surface area contributed by atoms with Crippen LogP contribution in [0.25, 0.3) is 0 Å². The van der Waals surface area contributed by atoms with Gasteiger partial charge in [0.15, 0.2) is 0 Å². The van der Waals surface area contributed by atoms with Crippen molar-refractivity contribution in [1.82, 2.24) is 10.6 Å². The molecule has 2 unspecified atom stereocenters. The van der Waals surface area contributed by atoms with Gasteiger partial charge in [-0.1, -0.05) is 37.5 Å². The number of aliphatic hydroxyl groups excluding tert-OH is 1. The molecule has 0 bridgehead atoms. The van der Waals surface area contributed by atoms with E-state index in [4.69, 9.17) is 0 Å². The zero-order valence-corrected chi connectivity index (χ0v) is 14.3. The van der Waals surface area contributed by atoms with E-state index in [2.05, 4.69) is 10.6 Å². The van der Waals surface area contributed by atoms with Crippen LogP contribution in [0.3, 0.4) is 0 Å². The van der Waals surface area contributed by atoms with Gasteiger partial charge in [-0.15, -0.1) is 0 Å². The number of rotatable bonds is 7. The third kappa shape index (κ3) is 5.34. The molecule has 1 fully saturated rings. The summed E-state index contributed by atoms with van der Waals surface area (Å²) in [6.45, 7) is 1.75. The van der Waals surface area contributed by atoms with E-state index in [0.717, 1.165) is 12.8 Å². The Labute approximate surface area is 143 Å². The molecule has 1 aliphatic carbocycles. The van der Waals surface area contributed by atoms with Gasteiger partial charge in [0.25, 0.3) is 5.91 Å². The Morgan fingerprint density at radius 1 is 1.12 bits per heavy atom. The van der Waals surface area contributed by atoms with Crippen LogP contribution in [0.5, 0.6) is 0 Å². The number of hydrogen-bond acceptors (Lipinski definition) is 3. The van der Waals surface area contributed by atoms with E-state index in [1.54, 1.807) is 31.2 Å². The lowest BCUT2D eigenvalue weighted by atomic mass is 9.82. The van der Waals surface area contributed by atoms with Gasteiger partial charge < -0.3 is 15.7 Å². The van der Waals surface area contributed by atoms with Gasteiger partial charge in [0.1, 0.15) is 6.04 Å². The van der Waals surface area contributed by atoms with Crippen LogP contribution in [0.4, 0.5) is 0 Å². The summed E-state index contributed by atoms with van der Waals surface area (Å²) in [7, 11) is 0. The molecule has 0 heterocycles. The molecule has 5 nitrogen and oxygen atoms in total. The molecule has 0 aromatic heterocycles. The summed E-state index contributed by atoms with van der Waals surface area (Å²) in [5, 5.41) is 15.1. The highest BCUT2D eigenvalue weighted by Crippen LogP contribution is 2.27. The summed E-state index contributed by atoms with van der Waals surface area (Å²) in [5.74, 6) is -0.0233. The third-order valence-corrected chi connectivity index (χ3v) is 4.76. The number of carbonyl (C=O) groups is 2. The van der Waals surface area contributed by atoms with Crippen LogP contribution in [0, 0.1) is 5.92 Å². The van der Waals surface area contributed by atoms with E-state index in [9.17, 15) is 14.7 Å². The quantitative estimate of drug-likeness (QED) is 0.716. The lowest BCUT2D eigenvalue weighted by molar-refractivity contribution is -0.123. The lowest BCUT2D eigenvalue weighted by Gasteiger charge is -2.31. The molecule has 1 aromatic rings. The Balaban J connectivity index is 1.89. The molecule has 0 radical (unpaired) electrons. The second-order valence-electron chi connectivity index (χ2n) is 6.59. The summed E-state index contributed by atoms with van der Waals surface area (Å²) in [6.07, 6.45) is 6.37. The smallest absolute Gasteiger partial charge is 0.251 e. The molecular formula is C19H28N2O3. The molecule has 2 rings (SSSR count). The van der Waals surface area contributed by atoms with Crippen LogP contribution >= 0.6 is 0 Å². The van der Waals surface area contributed by atoms with Crippen molar-refractivity contribution < 1.29 is 14.7 Å². The molecule has 5 heteroatoms. The number of carbonyl (C=O) groups excluding carboxylic acids is 2. The van der Waals surface area contributed by atoms with Gasteiger partial charge in [-0.2, -0.15) is 0 Å². The standard InChI is InChI=1S/C19H28N2O3/c1-14(20-19(24)16-10-6-3-7-11-16)18(23)21-17(12-13-22)15-8-4-2-5-9-15/h3,6-7,10-11,14-15,17,22H,2,4-5,8-9,12-13H2,1H3,(H,20,24)(H,21,23). The molecule has 2 atom stereocenters. The van der Waals surface area contributed by atoms with E-state index in [1.807, 2.05) is 6.07 Å². The molecule has 1 saturated carbocycles. The van der Waals surface area contributed by atoms with Crippen molar-refractivity contribution in [1.29, 1.82) is 0 Å². The Morgan fingerprint density at radius 3 is 2.42 bits per heavy atom. The van der Waals surface area contributed by atoms with E-state index in [1.165, 1.54) is 19.3 Å². The summed E-state index contributed by atoms with van der Waals surface area (Å²) >= 11 is 0. The Hall–Kier alpha value is -1.88. The van der Waals surface area contributed by atoms with Gasteiger partial charge in [-0.05, 0) is 44.2 Å². The maximum Gasteiger partial charge on any atom is 0.251 e. The molecule has 3 N–H and O–H groups in total. The number of nitrogens with one attached hydrogen (secondary N) is 2. The lowest BCUT2D eigenvalue weighted by Crippen LogP contribution is -2.50. The molecule has 1 aliphatic rings. The number of amides is 2. The third-order valence-electron chi connectivity index (χ3n) is 4.76. The van der Waals surface area contributed by atoms with E-state index in [0.29, 0.717) is 17.9 Å². The van der Waals surface area contributed by atoms with Crippen molar-refractivity contribution in [2.24, 2.45) is 5.92 Å². The SMILES string of the molecule is CC(NC(=O)c1ccccc1)C(=O)NC(CCO)C1CCCCC1. The summed E-state index contributed by atoms with van der Waals surface area (Å²) in [5.41, 5.74) is 0.538. The van der Waals surface area contributed by atoms with Gasteiger partial charge in [0.05, 0.1) is 0 Å². The minimum Gasteiger partial charge on any atom is -0.396 e. The average Bonchev–Trinajstić information content (AvgIpc) is 2.62. The van der Waals surface area contributed by atoms with Crippen molar-refractivity contribution in [3.8, 4) is 0 Å². The van der Waals surface area contributed by atoms with Gasteiger partial charge >= 0.3 is 0 Å². The van der Waals surface area contributed by atoms with Crippen LogP contribution in [-0.4, -0.2) is 35.6 Å². The minimum atomic E-state index is -0.609. The Bertz CT molecular complexity index is 527.